The summed E-state index contributed by atoms with van der Waals surface area (Å²) in [5, 5.41) is 3.94. The molecule has 0 atom stereocenters. The molecule has 0 saturated carbocycles. The molecule has 0 aliphatic rings. The van der Waals surface area contributed by atoms with Crippen LogP contribution in [0.1, 0.15) is 27.4 Å². The molecule has 0 bridgehead atoms. The minimum atomic E-state index is -0.298. The number of halogens is 1. The number of hydrogen-bond acceptors (Lipinski definition) is 4. The fraction of sp³-hybridized carbons (Fsp3) is 0.200. The summed E-state index contributed by atoms with van der Waals surface area (Å²) in [6.07, 6.45) is 1.56. The average molecular weight is 351 g/mol. The van der Waals surface area contributed by atoms with E-state index in [2.05, 4.69) is 26.5 Å². The van der Waals surface area contributed by atoms with Crippen LogP contribution >= 0.6 is 15.9 Å². The first-order valence-corrected chi connectivity index (χ1v) is 7.04. The van der Waals surface area contributed by atoms with E-state index in [0.29, 0.717) is 17.1 Å². The fourth-order valence-electron chi connectivity index (χ4n) is 1.84. The molecular formula is C15H15BrN2O3. The monoisotopic (exact) mass is 350 g/mol. The van der Waals surface area contributed by atoms with Crippen molar-refractivity contribution >= 4 is 28.1 Å². The molecule has 1 heterocycles. The Morgan fingerprint density at radius 3 is 2.71 bits per heavy atom. The summed E-state index contributed by atoms with van der Waals surface area (Å²) < 4.78 is 11.3. The molecule has 21 heavy (non-hydrogen) atoms. The second-order valence-corrected chi connectivity index (χ2v) is 5.27. The Bertz CT molecular complexity index is 692. The van der Waals surface area contributed by atoms with Gasteiger partial charge in [-0.3, -0.25) is 4.79 Å². The summed E-state index contributed by atoms with van der Waals surface area (Å²) in [7, 11) is 1.60. The minimum absolute atomic E-state index is 0.298. The van der Waals surface area contributed by atoms with E-state index in [1.165, 1.54) is 0 Å². The first-order valence-electron chi connectivity index (χ1n) is 6.25. The molecule has 1 amide bonds. The molecule has 1 aromatic heterocycles. The molecule has 6 heteroatoms. The van der Waals surface area contributed by atoms with Gasteiger partial charge in [0.2, 0.25) is 0 Å². The Morgan fingerprint density at radius 2 is 2.14 bits per heavy atom. The number of carbonyl (C=O) groups is 1. The molecule has 0 unspecified atom stereocenters. The van der Waals surface area contributed by atoms with Crippen LogP contribution in [0.3, 0.4) is 0 Å². The van der Waals surface area contributed by atoms with Gasteiger partial charge in [0.05, 0.1) is 23.4 Å². The highest BCUT2D eigenvalue weighted by Crippen LogP contribution is 2.24. The number of nitrogens with one attached hydrogen (secondary N) is 1. The van der Waals surface area contributed by atoms with Crippen LogP contribution in [0.25, 0.3) is 0 Å². The zero-order valence-corrected chi connectivity index (χ0v) is 13.5. The molecule has 2 rings (SSSR count). The Morgan fingerprint density at radius 1 is 1.38 bits per heavy atom. The number of amides is 1. The van der Waals surface area contributed by atoms with Gasteiger partial charge >= 0.3 is 0 Å². The molecule has 0 saturated heterocycles. The predicted octanol–water partition coefficient (Wildman–Crippen LogP) is 3.43. The topological polar surface area (TPSA) is 63.8 Å². The maximum Gasteiger partial charge on any atom is 0.274 e. The first-order chi connectivity index (χ1) is 10.0. The van der Waals surface area contributed by atoms with Crippen molar-refractivity contribution in [2.24, 2.45) is 5.10 Å². The Labute approximate surface area is 131 Å². The lowest BCUT2D eigenvalue weighted by Gasteiger charge is -2.03. The lowest BCUT2D eigenvalue weighted by Crippen LogP contribution is -2.17. The highest BCUT2D eigenvalue weighted by atomic mass is 79.9. The number of nitrogens with zero attached hydrogens (tertiary/aromatic N) is 1. The number of rotatable bonds is 4. The van der Waals surface area contributed by atoms with Crippen LogP contribution in [0.15, 0.2) is 38.3 Å². The van der Waals surface area contributed by atoms with Crippen molar-refractivity contribution in [1.29, 1.82) is 0 Å². The molecule has 0 aliphatic carbocycles. The Kier molecular flexibility index (Phi) is 4.80. The highest BCUT2D eigenvalue weighted by molar-refractivity contribution is 9.10. The molecule has 0 aliphatic heterocycles. The van der Waals surface area contributed by atoms with E-state index in [0.717, 1.165) is 15.8 Å². The second kappa shape index (κ2) is 6.58. The number of aryl methyl sites for hydroxylation is 2. The predicted molar refractivity (Wildman–Crippen MR) is 83.9 cm³/mol. The summed E-state index contributed by atoms with van der Waals surface area (Å²) in [5.41, 5.74) is 3.80. The van der Waals surface area contributed by atoms with Gasteiger partial charge in [0.15, 0.2) is 0 Å². The Hall–Kier alpha value is -2.08. The molecule has 5 nitrogen and oxygen atoms in total. The molecule has 2 aromatic rings. The zero-order valence-electron chi connectivity index (χ0n) is 11.9. The van der Waals surface area contributed by atoms with Crippen LogP contribution in [0, 0.1) is 13.8 Å². The molecule has 110 valence electrons. The lowest BCUT2D eigenvalue weighted by atomic mass is 10.2. The van der Waals surface area contributed by atoms with E-state index in [1.807, 2.05) is 18.2 Å². The van der Waals surface area contributed by atoms with E-state index >= 15 is 0 Å². The summed E-state index contributed by atoms with van der Waals surface area (Å²) >= 11 is 3.39. The van der Waals surface area contributed by atoms with Gasteiger partial charge in [-0.25, -0.2) is 5.43 Å². The smallest absolute Gasteiger partial charge is 0.274 e. The van der Waals surface area contributed by atoms with E-state index in [4.69, 9.17) is 9.15 Å². The van der Waals surface area contributed by atoms with Crippen molar-refractivity contribution in [3.05, 3.63) is 51.4 Å². The average Bonchev–Trinajstić information content (AvgIpc) is 2.78. The summed E-state index contributed by atoms with van der Waals surface area (Å²) in [6, 6.07) is 7.19. The van der Waals surface area contributed by atoms with Crippen LogP contribution < -0.4 is 10.2 Å². The number of hydrogen-bond donors (Lipinski definition) is 1. The standard InChI is InChI=1S/C15H15BrN2O3/c1-9-6-12(10(2)21-9)15(19)18-17-8-11-4-5-14(20-3)13(16)7-11/h4-8H,1-3H3,(H,18,19)/b17-8-. The van der Waals surface area contributed by atoms with Gasteiger partial charge < -0.3 is 9.15 Å². The van der Waals surface area contributed by atoms with E-state index in [1.54, 1.807) is 33.2 Å². The van der Waals surface area contributed by atoms with Gasteiger partial charge in [0.1, 0.15) is 17.3 Å². The highest BCUT2D eigenvalue weighted by Gasteiger charge is 2.12. The third-order valence-electron chi connectivity index (χ3n) is 2.84. The van der Waals surface area contributed by atoms with Gasteiger partial charge in [-0.15, -0.1) is 0 Å². The van der Waals surface area contributed by atoms with Gasteiger partial charge in [-0.2, -0.15) is 5.10 Å². The number of furan rings is 1. The number of carbonyl (C=O) groups excluding carboxylic acids is 1. The normalized spacial score (nSPS) is 10.9. The van der Waals surface area contributed by atoms with Crippen LogP contribution in [0.5, 0.6) is 5.75 Å². The van der Waals surface area contributed by atoms with Gasteiger partial charge in [0.25, 0.3) is 5.91 Å². The van der Waals surface area contributed by atoms with Crippen molar-refractivity contribution in [2.45, 2.75) is 13.8 Å². The SMILES string of the molecule is COc1ccc(/C=N\NC(=O)c2cc(C)oc2C)cc1Br. The number of hydrazone groups is 1. The summed E-state index contributed by atoms with van der Waals surface area (Å²) in [4.78, 5) is 11.9. The van der Waals surface area contributed by atoms with Crippen molar-refractivity contribution in [3.63, 3.8) is 0 Å². The molecule has 1 aromatic carbocycles. The van der Waals surface area contributed by atoms with Crippen LogP contribution in [-0.4, -0.2) is 19.2 Å². The maximum atomic E-state index is 11.9. The molecule has 0 radical (unpaired) electrons. The second-order valence-electron chi connectivity index (χ2n) is 4.42. The summed E-state index contributed by atoms with van der Waals surface area (Å²) in [6.45, 7) is 3.54. The minimum Gasteiger partial charge on any atom is -0.496 e. The van der Waals surface area contributed by atoms with Crippen molar-refractivity contribution in [2.75, 3.05) is 7.11 Å². The third-order valence-corrected chi connectivity index (χ3v) is 3.46. The van der Waals surface area contributed by atoms with Gasteiger partial charge in [0, 0.05) is 0 Å². The molecule has 1 N–H and O–H groups in total. The quantitative estimate of drug-likeness (QED) is 0.678. The largest absolute Gasteiger partial charge is 0.496 e. The third kappa shape index (κ3) is 3.72. The fourth-order valence-corrected chi connectivity index (χ4v) is 2.40. The number of methoxy groups -OCH3 is 1. The van der Waals surface area contributed by atoms with Gasteiger partial charge in [-0.05, 0) is 59.6 Å². The van der Waals surface area contributed by atoms with E-state index < -0.39 is 0 Å². The first kappa shape index (κ1) is 15.3. The van der Waals surface area contributed by atoms with Crippen molar-refractivity contribution < 1.29 is 13.9 Å². The van der Waals surface area contributed by atoms with Crippen LogP contribution in [0.2, 0.25) is 0 Å². The maximum absolute atomic E-state index is 11.9. The van der Waals surface area contributed by atoms with Crippen molar-refractivity contribution in [1.82, 2.24) is 5.43 Å². The Balaban J connectivity index is 2.04. The van der Waals surface area contributed by atoms with Crippen LogP contribution in [-0.2, 0) is 0 Å². The molecular weight excluding hydrogens is 336 g/mol. The zero-order chi connectivity index (χ0) is 15.4. The number of benzene rings is 1. The van der Waals surface area contributed by atoms with Crippen LogP contribution in [0.4, 0.5) is 0 Å². The van der Waals surface area contributed by atoms with E-state index in [-0.39, 0.29) is 5.91 Å². The van der Waals surface area contributed by atoms with E-state index in [9.17, 15) is 4.79 Å². The van der Waals surface area contributed by atoms with Crippen molar-refractivity contribution in [3.8, 4) is 5.75 Å². The lowest BCUT2D eigenvalue weighted by molar-refractivity contribution is 0.0953. The molecule has 0 fully saturated rings. The van der Waals surface area contributed by atoms with Gasteiger partial charge in [-0.1, -0.05) is 0 Å². The summed E-state index contributed by atoms with van der Waals surface area (Å²) in [5.74, 6) is 1.71. The number of ether oxygens (including phenoxy) is 1. The molecule has 0 spiro atoms.